The lowest BCUT2D eigenvalue weighted by atomic mass is 10.0. The maximum Gasteiger partial charge on any atom is 0.226 e. The van der Waals surface area contributed by atoms with Gasteiger partial charge >= 0.3 is 0 Å². The summed E-state index contributed by atoms with van der Waals surface area (Å²) in [5.74, 6) is 1.57. The van der Waals surface area contributed by atoms with Crippen molar-refractivity contribution < 1.29 is 9.32 Å². The summed E-state index contributed by atoms with van der Waals surface area (Å²) in [4.78, 5) is 21.2. The Hall–Kier alpha value is -1.43. The summed E-state index contributed by atoms with van der Waals surface area (Å²) in [6, 6.07) is 0.582. The van der Waals surface area contributed by atoms with Gasteiger partial charge in [-0.1, -0.05) is 5.16 Å². The lowest BCUT2D eigenvalue weighted by Crippen LogP contribution is -2.48. The van der Waals surface area contributed by atoms with Crippen molar-refractivity contribution in [3.8, 4) is 0 Å². The molecule has 1 aromatic heterocycles. The molecule has 22 heavy (non-hydrogen) atoms. The van der Waals surface area contributed by atoms with E-state index in [0.29, 0.717) is 30.6 Å². The van der Waals surface area contributed by atoms with Crippen LogP contribution in [0.2, 0.25) is 0 Å². The quantitative estimate of drug-likeness (QED) is 0.830. The zero-order valence-corrected chi connectivity index (χ0v) is 13.5. The van der Waals surface area contributed by atoms with Gasteiger partial charge in [-0.15, -0.1) is 0 Å². The minimum Gasteiger partial charge on any atom is -0.341 e. The number of aromatic nitrogens is 2. The van der Waals surface area contributed by atoms with E-state index < -0.39 is 0 Å². The number of aryl methyl sites for hydroxylation is 2. The Labute approximate surface area is 131 Å². The summed E-state index contributed by atoms with van der Waals surface area (Å²) < 4.78 is 5.08. The Morgan fingerprint density at radius 3 is 2.82 bits per heavy atom. The largest absolute Gasteiger partial charge is 0.341 e. The maximum atomic E-state index is 12.4. The Bertz CT molecular complexity index is 496. The first-order valence-electron chi connectivity index (χ1n) is 8.53. The van der Waals surface area contributed by atoms with Gasteiger partial charge in [0.05, 0.1) is 0 Å². The fourth-order valence-corrected chi connectivity index (χ4v) is 3.58. The van der Waals surface area contributed by atoms with Crippen LogP contribution in [0.5, 0.6) is 0 Å². The van der Waals surface area contributed by atoms with Crippen molar-refractivity contribution >= 4 is 5.91 Å². The van der Waals surface area contributed by atoms with Gasteiger partial charge in [0, 0.05) is 32.0 Å². The number of likely N-dealkylation sites (tertiary alicyclic amines) is 2. The molecule has 2 aliphatic rings. The highest BCUT2D eigenvalue weighted by Gasteiger charge is 2.28. The van der Waals surface area contributed by atoms with Crippen LogP contribution in [0.25, 0.3) is 0 Å². The predicted octanol–water partition coefficient (Wildman–Crippen LogP) is 1.79. The number of nitrogens with zero attached hydrogens (tertiary/aromatic N) is 4. The second-order valence-corrected chi connectivity index (χ2v) is 6.47. The molecule has 122 valence electrons. The summed E-state index contributed by atoms with van der Waals surface area (Å²) in [5, 5.41) is 3.77. The molecule has 0 N–H and O–H groups in total. The Balaban J connectivity index is 1.43. The molecule has 2 fully saturated rings. The minimum absolute atomic E-state index is 0.278. The van der Waals surface area contributed by atoms with Gasteiger partial charge in [-0.3, -0.25) is 9.69 Å². The van der Waals surface area contributed by atoms with Gasteiger partial charge < -0.3 is 9.42 Å². The minimum atomic E-state index is 0.278. The van der Waals surface area contributed by atoms with Gasteiger partial charge in [-0.25, -0.2) is 0 Å². The molecular formula is C16H26N4O2. The molecule has 0 aliphatic carbocycles. The normalized spacial score (nSPS) is 23.1. The first-order chi connectivity index (χ1) is 10.7. The van der Waals surface area contributed by atoms with Crippen LogP contribution in [0.1, 0.15) is 50.2 Å². The fourth-order valence-electron chi connectivity index (χ4n) is 3.58. The molecule has 0 spiro atoms. The standard InChI is InChI=1S/C16H26N4O2/c1-13-17-15(22-18-13)7-4-8-16(21)20-11-5-6-14(12-20)19-9-2-3-10-19/h14H,2-12H2,1H3. The van der Waals surface area contributed by atoms with Crippen molar-refractivity contribution in [2.24, 2.45) is 0 Å². The Kier molecular flexibility index (Phi) is 5.08. The van der Waals surface area contributed by atoms with E-state index in [9.17, 15) is 4.79 Å². The lowest BCUT2D eigenvalue weighted by molar-refractivity contribution is -0.133. The first kappa shape index (κ1) is 15.5. The molecule has 6 nitrogen and oxygen atoms in total. The fraction of sp³-hybridized carbons (Fsp3) is 0.812. The van der Waals surface area contributed by atoms with E-state index in [1.165, 1.54) is 32.4 Å². The molecule has 1 unspecified atom stereocenters. The zero-order chi connectivity index (χ0) is 15.4. The van der Waals surface area contributed by atoms with E-state index in [4.69, 9.17) is 4.52 Å². The highest BCUT2D eigenvalue weighted by Crippen LogP contribution is 2.21. The second kappa shape index (κ2) is 7.22. The van der Waals surface area contributed by atoms with Gasteiger partial charge in [0.25, 0.3) is 0 Å². The molecule has 0 radical (unpaired) electrons. The van der Waals surface area contributed by atoms with E-state index in [0.717, 1.165) is 25.9 Å². The number of carbonyl (C=O) groups is 1. The number of hydrogen-bond donors (Lipinski definition) is 0. The third-order valence-electron chi connectivity index (χ3n) is 4.76. The smallest absolute Gasteiger partial charge is 0.226 e. The summed E-state index contributed by atoms with van der Waals surface area (Å²) in [7, 11) is 0. The zero-order valence-electron chi connectivity index (χ0n) is 13.5. The Morgan fingerprint density at radius 1 is 1.27 bits per heavy atom. The number of hydrogen-bond acceptors (Lipinski definition) is 5. The van der Waals surface area contributed by atoms with Crippen molar-refractivity contribution in [2.45, 2.75) is 57.9 Å². The van der Waals surface area contributed by atoms with E-state index in [-0.39, 0.29) is 5.91 Å². The second-order valence-electron chi connectivity index (χ2n) is 6.47. The van der Waals surface area contributed by atoms with E-state index >= 15 is 0 Å². The Morgan fingerprint density at radius 2 is 2.09 bits per heavy atom. The van der Waals surface area contributed by atoms with Gasteiger partial charge in [-0.2, -0.15) is 4.98 Å². The number of piperidine rings is 1. The van der Waals surface area contributed by atoms with E-state index in [1.807, 2.05) is 6.92 Å². The van der Waals surface area contributed by atoms with Crippen LogP contribution in [0.3, 0.4) is 0 Å². The van der Waals surface area contributed by atoms with Crippen LogP contribution >= 0.6 is 0 Å². The summed E-state index contributed by atoms with van der Waals surface area (Å²) in [5.41, 5.74) is 0. The third kappa shape index (κ3) is 3.85. The van der Waals surface area contributed by atoms with Crippen LogP contribution in [-0.2, 0) is 11.2 Å². The average molecular weight is 306 g/mol. The maximum absolute atomic E-state index is 12.4. The molecular weight excluding hydrogens is 280 g/mol. The molecule has 1 aromatic rings. The van der Waals surface area contributed by atoms with Crippen molar-refractivity contribution in [2.75, 3.05) is 26.2 Å². The number of carbonyl (C=O) groups excluding carboxylic acids is 1. The molecule has 2 aliphatic heterocycles. The van der Waals surface area contributed by atoms with Gasteiger partial charge in [0.2, 0.25) is 11.8 Å². The molecule has 6 heteroatoms. The number of rotatable bonds is 5. The van der Waals surface area contributed by atoms with Crippen LogP contribution in [0.15, 0.2) is 4.52 Å². The number of amides is 1. The highest BCUT2D eigenvalue weighted by atomic mass is 16.5. The average Bonchev–Trinajstić information content (AvgIpc) is 3.19. The topological polar surface area (TPSA) is 62.5 Å². The highest BCUT2D eigenvalue weighted by molar-refractivity contribution is 5.76. The van der Waals surface area contributed by atoms with Crippen molar-refractivity contribution in [3.63, 3.8) is 0 Å². The van der Waals surface area contributed by atoms with Crippen molar-refractivity contribution in [1.29, 1.82) is 0 Å². The van der Waals surface area contributed by atoms with Gasteiger partial charge in [-0.05, 0) is 52.1 Å². The first-order valence-corrected chi connectivity index (χ1v) is 8.53. The van der Waals surface area contributed by atoms with Crippen LogP contribution in [0, 0.1) is 6.92 Å². The molecule has 0 aromatic carbocycles. The van der Waals surface area contributed by atoms with Gasteiger partial charge in [0.15, 0.2) is 5.82 Å². The summed E-state index contributed by atoms with van der Waals surface area (Å²) in [6.45, 7) is 6.07. The third-order valence-corrected chi connectivity index (χ3v) is 4.76. The van der Waals surface area contributed by atoms with Crippen LogP contribution < -0.4 is 0 Å². The SMILES string of the molecule is Cc1noc(CCCC(=O)N2CCCC(N3CCCC3)C2)n1. The monoisotopic (exact) mass is 306 g/mol. The lowest BCUT2D eigenvalue weighted by Gasteiger charge is -2.37. The van der Waals surface area contributed by atoms with E-state index in [2.05, 4.69) is 19.9 Å². The summed E-state index contributed by atoms with van der Waals surface area (Å²) >= 11 is 0. The van der Waals surface area contributed by atoms with Gasteiger partial charge in [0.1, 0.15) is 0 Å². The molecule has 0 bridgehead atoms. The molecule has 3 heterocycles. The van der Waals surface area contributed by atoms with Crippen molar-refractivity contribution in [1.82, 2.24) is 19.9 Å². The molecule has 1 amide bonds. The molecule has 1 atom stereocenters. The van der Waals surface area contributed by atoms with Crippen LogP contribution in [-0.4, -0.2) is 58.1 Å². The van der Waals surface area contributed by atoms with Crippen LogP contribution in [0.4, 0.5) is 0 Å². The predicted molar refractivity (Wildman–Crippen MR) is 82.4 cm³/mol. The molecule has 3 rings (SSSR count). The molecule has 0 saturated carbocycles. The summed E-state index contributed by atoms with van der Waals surface area (Å²) in [6.07, 6.45) is 7.05. The van der Waals surface area contributed by atoms with Crippen molar-refractivity contribution in [3.05, 3.63) is 11.7 Å². The molecule has 2 saturated heterocycles. The van der Waals surface area contributed by atoms with E-state index in [1.54, 1.807) is 0 Å².